The quantitative estimate of drug-likeness (QED) is 0.898. The zero-order chi connectivity index (χ0) is 13.8. The maximum atomic E-state index is 9.52. The van der Waals surface area contributed by atoms with Crippen molar-refractivity contribution < 1.29 is 9.84 Å². The first-order valence-electron chi connectivity index (χ1n) is 6.45. The lowest BCUT2D eigenvalue weighted by molar-refractivity contribution is 0.199. The van der Waals surface area contributed by atoms with Crippen molar-refractivity contribution in [2.45, 2.75) is 26.4 Å². The van der Waals surface area contributed by atoms with Gasteiger partial charge in [0.05, 0.1) is 18.9 Å². The summed E-state index contributed by atoms with van der Waals surface area (Å²) in [6.45, 7) is 4.38. The van der Waals surface area contributed by atoms with E-state index in [-0.39, 0.29) is 0 Å². The largest absolute Gasteiger partial charge is 0.493 e. The average molecular weight is 260 g/mol. The molecule has 2 aromatic rings. The number of hydrogen-bond acceptors (Lipinski definition) is 3. The Kier molecular flexibility index (Phi) is 4.22. The Balaban J connectivity index is 1.92. The van der Waals surface area contributed by atoms with Crippen LogP contribution in [-0.2, 0) is 13.5 Å². The van der Waals surface area contributed by atoms with E-state index in [0.717, 1.165) is 23.3 Å². The number of aryl methyl sites for hydroxylation is 2. The molecule has 1 unspecified atom stereocenters. The van der Waals surface area contributed by atoms with Crippen molar-refractivity contribution in [2.75, 3.05) is 6.61 Å². The SMILES string of the molecule is Cc1cc(C(C)O)ccc1OCCc1cnn(C)c1. The van der Waals surface area contributed by atoms with Crippen molar-refractivity contribution in [3.63, 3.8) is 0 Å². The summed E-state index contributed by atoms with van der Waals surface area (Å²) in [4.78, 5) is 0. The Bertz CT molecular complexity index is 547. The minimum atomic E-state index is -0.442. The van der Waals surface area contributed by atoms with E-state index in [9.17, 15) is 5.11 Å². The van der Waals surface area contributed by atoms with Gasteiger partial charge in [0.1, 0.15) is 5.75 Å². The Morgan fingerprint density at radius 1 is 1.42 bits per heavy atom. The molecule has 1 heterocycles. The first-order valence-corrected chi connectivity index (χ1v) is 6.45. The highest BCUT2D eigenvalue weighted by molar-refractivity contribution is 5.36. The molecular formula is C15H20N2O2. The lowest BCUT2D eigenvalue weighted by Crippen LogP contribution is -2.02. The predicted molar refractivity (Wildman–Crippen MR) is 74.2 cm³/mol. The molecule has 1 N–H and O–H groups in total. The maximum Gasteiger partial charge on any atom is 0.122 e. The van der Waals surface area contributed by atoms with Crippen LogP contribution in [0.2, 0.25) is 0 Å². The number of hydrogen-bond donors (Lipinski definition) is 1. The third-order valence-corrected chi connectivity index (χ3v) is 3.09. The molecule has 0 radical (unpaired) electrons. The zero-order valence-corrected chi connectivity index (χ0v) is 11.6. The molecule has 0 bridgehead atoms. The van der Waals surface area contributed by atoms with E-state index >= 15 is 0 Å². The van der Waals surface area contributed by atoms with Crippen LogP contribution in [0.4, 0.5) is 0 Å². The van der Waals surface area contributed by atoms with Crippen molar-refractivity contribution in [3.05, 3.63) is 47.3 Å². The van der Waals surface area contributed by atoms with Crippen LogP contribution in [0.1, 0.15) is 29.7 Å². The van der Waals surface area contributed by atoms with Gasteiger partial charge in [-0.15, -0.1) is 0 Å². The molecule has 1 aromatic carbocycles. The summed E-state index contributed by atoms with van der Waals surface area (Å²) < 4.78 is 7.56. The van der Waals surface area contributed by atoms with Crippen LogP contribution in [0.15, 0.2) is 30.6 Å². The molecule has 0 amide bonds. The van der Waals surface area contributed by atoms with E-state index in [1.165, 1.54) is 5.56 Å². The standard InChI is InChI=1S/C15H20N2O2/c1-11-8-14(12(2)18)4-5-15(11)19-7-6-13-9-16-17(3)10-13/h4-5,8-10,12,18H,6-7H2,1-3H3. The second-order valence-corrected chi connectivity index (χ2v) is 4.82. The van der Waals surface area contributed by atoms with Crippen molar-refractivity contribution in [1.82, 2.24) is 9.78 Å². The van der Waals surface area contributed by atoms with Gasteiger partial charge in [-0.05, 0) is 42.7 Å². The number of aliphatic hydroxyl groups is 1. The van der Waals surface area contributed by atoms with Gasteiger partial charge in [-0.1, -0.05) is 6.07 Å². The van der Waals surface area contributed by atoms with E-state index in [0.29, 0.717) is 6.61 Å². The van der Waals surface area contributed by atoms with E-state index in [1.54, 1.807) is 11.6 Å². The summed E-state index contributed by atoms with van der Waals surface area (Å²) in [5.41, 5.74) is 3.13. The predicted octanol–water partition coefficient (Wildman–Crippen LogP) is 2.40. The molecule has 0 saturated carbocycles. The van der Waals surface area contributed by atoms with Gasteiger partial charge in [-0.25, -0.2) is 0 Å². The third-order valence-electron chi connectivity index (χ3n) is 3.09. The molecule has 19 heavy (non-hydrogen) atoms. The lowest BCUT2D eigenvalue weighted by atomic mass is 10.1. The van der Waals surface area contributed by atoms with Crippen LogP contribution in [0.3, 0.4) is 0 Å². The number of rotatable bonds is 5. The van der Waals surface area contributed by atoms with Gasteiger partial charge in [0.25, 0.3) is 0 Å². The summed E-state index contributed by atoms with van der Waals surface area (Å²) in [5.74, 6) is 0.869. The van der Waals surface area contributed by atoms with Gasteiger partial charge in [-0.3, -0.25) is 4.68 Å². The van der Waals surface area contributed by atoms with Gasteiger partial charge in [0, 0.05) is 19.7 Å². The van der Waals surface area contributed by atoms with Crippen LogP contribution in [0.5, 0.6) is 5.75 Å². The Hall–Kier alpha value is -1.81. The highest BCUT2D eigenvalue weighted by Gasteiger charge is 2.05. The summed E-state index contributed by atoms with van der Waals surface area (Å²) in [6, 6.07) is 5.78. The zero-order valence-electron chi connectivity index (χ0n) is 11.6. The van der Waals surface area contributed by atoms with Crippen molar-refractivity contribution >= 4 is 0 Å². The monoisotopic (exact) mass is 260 g/mol. The van der Waals surface area contributed by atoms with Crippen LogP contribution in [0.25, 0.3) is 0 Å². The second kappa shape index (κ2) is 5.89. The molecule has 4 nitrogen and oxygen atoms in total. The summed E-state index contributed by atoms with van der Waals surface area (Å²) in [7, 11) is 1.91. The number of nitrogens with zero attached hydrogens (tertiary/aromatic N) is 2. The van der Waals surface area contributed by atoms with Crippen molar-refractivity contribution in [3.8, 4) is 5.75 Å². The number of benzene rings is 1. The highest BCUT2D eigenvalue weighted by Crippen LogP contribution is 2.22. The number of aliphatic hydroxyl groups excluding tert-OH is 1. The molecule has 0 aliphatic rings. The molecule has 4 heteroatoms. The Morgan fingerprint density at radius 3 is 2.79 bits per heavy atom. The van der Waals surface area contributed by atoms with Gasteiger partial charge in [-0.2, -0.15) is 5.10 Å². The van der Waals surface area contributed by atoms with Gasteiger partial charge in [0.15, 0.2) is 0 Å². The normalized spacial score (nSPS) is 12.4. The van der Waals surface area contributed by atoms with Crippen LogP contribution < -0.4 is 4.74 Å². The minimum Gasteiger partial charge on any atom is -0.493 e. The van der Waals surface area contributed by atoms with Gasteiger partial charge in [0.2, 0.25) is 0 Å². The summed E-state index contributed by atoms with van der Waals surface area (Å²) in [6.07, 6.45) is 4.24. The topological polar surface area (TPSA) is 47.3 Å². The van der Waals surface area contributed by atoms with Crippen LogP contribution in [-0.4, -0.2) is 21.5 Å². The first-order chi connectivity index (χ1) is 9.06. The number of ether oxygens (including phenoxy) is 1. The Labute approximate surface area is 113 Å². The van der Waals surface area contributed by atoms with Crippen molar-refractivity contribution in [2.24, 2.45) is 7.05 Å². The fourth-order valence-corrected chi connectivity index (χ4v) is 1.97. The Morgan fingerprint density at radius 2 is 2.21 bits per heavy atom. The lowest BCUT2D eigenvalue weighted by Gasteiger charge is -2.11. The summed E-state index contributed by atoms with van der Waals surface area (Å²) >= 11 is 0. The smallest absolute Gasteiger partial charge is 0.122 e. The average Bonchev–Trinajstić information content (AvgIpc) is 2.77. The molecule has 2 rings (SSSR count). The molecular weight excluding hydrogens is 240 g/mol. The maximum absolute atomic E-state index is 9.52. The van der Waals surface area contributed by atoms with E-state index in [1.807, 2.05) is 44.6 Å². The molecule has 0 aliphatic heterocycles. The van der Waals surface area contributed by atoms with Crippen molar-refractivity contribution in [1.29, 1.82) is 0 Å². The van der Waals surface area contributed by atoms with Gasteiger partial charge >= 0.3 is 0 Å². The first kappa shape index (κ1) is 13.6. The van der Waals surface area contributed by atoms with E-state index in [4.69, 9.17) is 4.74 Å². The summed E-state index contributed by atoms with van der Waals surface area (Å²) in [5, 5.41) is 13.6. The molecule has 0 spiro atoms. The molecule has 1 atom stereocenters. The second-order valence-electron chi connectivity index (χ2n) is 4.82. The third kappa shape index (κ3) is 3.58. The van der Waals surface area contributed by atoms with Gasteiger partial charge < -0.3 is 9.84 Å². The molecule has 0 fully saturated rings. The van der Waals surface area contributed by atoms with Crippen LogP contribution in [0, 0.1) is 6.92 Å². The van der Waals surface area contributed by atoms with E-state index in [2.05, 4.69) is 5.10 Å². The molecule has 102 valence electrons. The van der Waals surface area contributed by atoms with E-state index < -0.39 is 6.10 Å². The van der Waals surface area contributed by atoms with Crippen LogP contribution >= 0.6 is 0 Å². The molecule has 0 aliphatic carbocycles. The molecule has 1 aromatic heterocycles. The highest BCUT2D eigenvalue weighted by atomic mass is 16.5. The minimum absolute atomic E-state index is 0.442. The number of aromatic nitrogens is 2. The fraction of sp³-hybridized carbons (Fsp3) is 0.400. The fourth-order valence-electron chi connectivity index (χ4n) is 1.97. The molecule has 0 saturated heterocycles.